The number of anilines is 1. The lowest BCUT2D eigenvalue weighted by Crippen LogP contribution is -2.44. The Labute approximate surface area is 138 Å². The number of hydrogen-bond acceptors (Lipinski definition) is 3. The first kappa shape index (κ1) is 16.2. The smallest absolute Gasteiger partial charge is 0.258 e. The Morgan fingerprint density at radius 1 is 1.14 bits per heavy atom. The zero-order valence-electron chi connectivity index (χ0n) is 11.2. The van der Waals surface area contributed by atoms with E-state index >= 15 is 0 Å². The van der Waals surface area contributed by atoms with Gasteiger partial charge >= 0.3 is 0 Å². The second-order valence-electron chi connectivity index (χ2n) is 5.08. The third-order valence-electron chi connectivity index (χ3n) is 3.66. The predicted octanol–water partition coefficient (Wildman–Crippen LogP) is 4.56. The van der Waals surface area contributed by atoms with Crippen LogP contribution in [-0.4, -0.2) is 5.91 Å². The third kappa shape index (κ3) is 3.55. The van der Waals surface area contributed by atoms with Gasteiger partial charge in [0.05, 0.1) is 21.8 Å². The van der Waals surface area contributed by atoms with E-state index in [0.29, 0.717) is 33.6 Å². The van der Waals surface area contributed by atoms with Crippen molar-refractivity contribution in [1.29, 1.82) is 5.26 Å². The first-order valence-corrected chi connectivity index (χ1v) is 7.74. The summed E-state index contributed by atoms with van der Waals surface area (Å²) in [7, 11) is 0. The molecule has 0 aliphatic heterocycles. The van der Waals surface area contributed by atoms with Crippen molar-refractivity contribution in [2.24, 2.45) is 5.41 Å². The van der Waals surface area contributed by atoms with E-state index in [1.807, 2.05) is 0 Å². The normalized spacial score (nSPS) is 16.9. The van der Waals surface area contributed by atoms with Crippen molar-refractivity contribution < 1.29 is 4.79 Å². The van der Waals surface area contributed by atoms with Crippen molar-refractivity contribution in [2.75, 3.05) is 5.43 Å². The first-order valence-electron chi connectivity index (χ1n) is 6.61. The van der Waals surface area contributed by atoms with Crippen molar-refractivity contribution in [3.05, 3.63) is 27.2 Å². The van der Waals surface area contributed by atoms with Crippen LogP contribution in [-0.2, 0) is 4.79 Å². The van der Waals surface area contributed by atoms with E-state index in [-0.39, 0.29) is 5.91 Å². The van der Waals surface area contributed by atoms with Gasteiger partial charge in [0.15, 0.2) is 0 Å². The highest BCUT2D eigenvalue weighted by atomic mass is 35.5. The van der Waals surface area contributed by atoms with Crippen molar-refractivity contribution >= 4 is 46.4 Å². The fraction of sp³-hybridized carbons (Fsp3) is 0.429. The van der Waals surface area contributed by atoms with E-state index in [0.717, 1.165) is 19.3 Å². The minimum atomic E-state index is -0.976. The van der Waals surface area contributed by atoms with E-state index < -0.39 is 5.41 Å². The van der Waals surface area contributed by atoms with Gasteiger partial charge in [0.1, 0.15) is 5.41 Å². The van der Waals surface area contributed by atoms with Crippen molar-refractivity contribution in [1.82, 2.24) is 5.43 Å². The molecule has 0 heterocycles. The van der Waals surface area contributed by atoms with Gasteiger partial charge in [0.2, 0.25) is 0 Å². The van der Waals surface area contributed by atoms with Crippen LogP contribution in [0.3, 0.4) is 0 Å². The SMILES string of the molecule is N#CC1(C(=O)NNc2c(Cl)cc(Cl)cc2Cl)CCCCC1. The van der Waals surface area contributed by atoms with Crippen LogP contribution in [0.5, 0.6) is 0 Å². The Morgan fingerprint density at radius 3 is 2.24 bits per heavy atom. The minimum Gasteiger partial charge on any atom is -0.296 e. The van der Waals surface area contributed by atoms with Gasteiger partial charge in [0.25, 0.3) is 5.91 Å². The van der Waals surface area contributed by atoms with Crippen molar-refractivity contribution in [2.45, 2.75) is 32.1 Å². The van der Waals surface area contributed by atoms with Crippen LogP contribution in [0, 0.1) is 16.7 Å². The molecule has 2 N–H and O–H groups in total. The van der Waals surface area contributed by atoms with E-state index in [4.69, 9.17) is 34.8 Å². The number of carbonyl (C=O) groups is 1. The van der Waals surface area contributed by atoms with Crippen molar-refractivity contribution in [3.63, 3.8) is 0 Å². The molecule has 0 atom stereocenters. The molecule has 0 aromatic heterocycles. The van der Waals surface area contributed by atoms with Crippen LogP contribution in [0.15, 0.2) is 12.1 Å². The molecule has 1 aliphatic rings. The molecule has 0 spiro atoms. The molecular formula is C14H14Cl3N3O. The molecule has 1 aromatic carbocycles. The number of rotatable bonds is 3. The van der Waals surface area contributed by atoms with Gasteiger partial charge < -0.3 is 0 Å². The summed E-state index contributed by atoms with van der Waals surface area (Å²) in [6.45, 7) is 0. The van der Waals surface area contributed by atoms with Gasteiger partial charge in [-0.25, -0.2) is 0 Å². The minimum absolute atomic E-state index is 0.294. The zero-order chi connectivity index (χ0) is 15.5. The number of nitrogens with zero attached hydrogens (tertiary/aromatic N) is 1. The summed E-state index contributed by atoms with van der Waals surface area (Å²) in [5.41, 5.74) is 4.62. The summed E-state index contributed by atoms with van der Waals surface area (Å²) in [5.74, 6) is -0.355. The fourth-order valence-electron chi connectivity index (χ4n) is 2.45. The van der Waals surface area contributed by atoms with Crippen molar-refractivity contribution in [3.8, 4) is 6.07 Å². The molecule has 7 heteroatoms. The number of hydrogen-bond donors (Lipinski definition) is 2. The molecule has 1 amide bonds. The van der Waals surface area contributed by atoms with E-state index in [2.05, 4.69) is 16.9 Å². The highest BCUT2D eigenvalue weighted by molar-refractivity contribution is 6.41. The Bertz CT molecular complexity index is 569. The Balaban J connectivity index is 2.09. The Kier molecular flexibility index (Phi) is 5.21. The maximum atomic E-state index is 12.3. The number of nitriles is 1. The zero-order valence-corrected chi connectivity index (χ0v) is 13.4. The Hall–Kier alpha value is -1.15. The molecule has 0 bridgehead atoms. The van der Waals surface area contributed by atoms with Crippen LogP contribution in [0.2, 0.25) is 15.1 Å². The van der Waals surface area contributed by atoms with E-state index in [1.165, 1.54) is 12.1 Å². The maximum Gasteiger partial charge on any atom is 0.258 e. The summed E-state index contributed by atoms with van der Waals surface area (Å²) >= 11 is 17.9. The summed E-state index contributed by atoms with van der Waals surface area (Å²) in [4.78, 5) is 12.3. The van der Waals surface area contributed by atoms with Gasteiger partial charge in [-0.2, -0.15) is 5.26 Å². The van der Waals surface area contributed by atoms with Gasteiger partial charge in [-0.3, -0.25) is 15.6 Å². The number of carbonyl (C=O) groups excluding carboxylic acids is 1. The highest BCUT2D eigenvalue weighted by Gasteiger charge is 2.39. The monoisotopic (exact) mass is 345 g/mol. The highest BCUT2D eigenvalue weighted by Crippen LogP contribution is 2.37. The quantitative estimate of drug-likeness (QED) is 0.788. The van der Waals surface area contributed by atoms with Gasteiger partial charge in [-0.1, -0.05) is 54.1 Å². The molecule has 1 fully saturated rings. The lowest BCUT2D eigenvalue weighted by molar-refractivity contribution is -0.129. The van der Waals surface area contributed by atoms with E-state index in [1.54, 1.807) is 0 Å². The number of nitrogens with one attached hydrogen (secondary N) is 2. The van der Waals surface area contributed by atoms with Crippen LogP contribution in [0.1, 0.15) is 32.1 Å². The lowest BCUT2D eigenvalue weighted by Gasteiger charge is -2.29. The molecule has 0 unspecified atom stereocenters. The second kappa shape index (κ2) is 6.74. The average Bonchev–Trinajstić information content (AvgIpc) is 2.46. The maximum absolute atomic E-state index is 12.3. The summed E-state index contributed by atoms with van der Waals surface area (Å²) in [6, 6.07) is 5.19. The van der Waals surface area contributed by atoms with Gasteiger partial charge in [-0.15, -0.1) is 0 Å². The van der Waals surface area contributed by atoms with Gasteiger partial charge in [0, 0.05) is 5.02 Å². The molecule has 2 rings (SSSR count). The predicted molar refractivity (Wildman–Crippen MR) is 84.4 cm³/mol. The van der Waals surface area contributed by atoms with Crippen LogP contribution in [0.25, 0.3) is 0 Å². The third-order valence-corrected chi connectivity index (χ3v) is 4.48. The first-order chi connectivity index (χ1) is 9.98. The molecule has 0 radical (unpaired) electrons. The number of halogens is 3. The molecule has 1 saturated carbocycles. The standard InChI is InChI=1S/C14H14Cl3N3O/c15-9-6-10(16)12(11(17)7-9)19-20-13(21)14(8-18)4-2-1-3-5-14/h6-7,19H,1-5H2,(H,20,21). The summed E-state index contributed by atoms with van der Waals surface area (Å²) in [5, 5.41) is 10.3. The Morgan fingerprint density at radius 2 is 1.71 bits per heavy atom. The largest absolute Gasteiger partial charge is 0.296 e. The summed E-state index contributed by atoms with van der Waals surface area (Å²) < 4.78 is 0. The molecule has 1 aromatic rings. The van der Waals surface area contributed by atoms with Gasteiger partial charge in [-0.05, 0) is 25.0 Å². The fourth-order valence-corrected chi connectivity index (χ4v) is 3.36. The van der Waals surface area contributed by atoms with Crippen LogP contribution in [0.4, 0.5) is 5.69 Å². The topological polar surface area (TPSA) is 64.9 Å². The molecule has 112 valence electrons. The number of benzene rings is 1. The molecule has 0 saturated heterocycles. The van der Waals surface area contributed by atoms with Crippen LogP contribution >= 0.6 is 34.8 Å². The molecular weight excluding hydrogens is 333 g/mol. The average molecular weight is 347 g/mol. The molecule has 1 aliphatic carbocycles. The molecule has 4 nitrogen and oxygen atoms in total. The summed E-state index contributed by atoms with van der Waals surface area (Å²) in [6.07, 6.45) is 3.95. The van der Waals surface area contributed by atoms with Crippen LogP contribution < -0.4 is 10.9 Å². The van der Waals surface area contributed by atoms with E-state index in [9.17, 15) is 10.1 Å². The molecule has 21 heavy (non-hydrogen) atoms. The number of hydrazine groups is 1. The second-order valence-corrected chi connectivity index (χ2v) is 6.33. The number of amides is 1. The lowest BCUT2D eigenvalue weighted by atomic mass is 9.75.